The standard InChI is InChI=1S/C13H25NO2/c1-4-14(10-11(2)3)13(12(15)16)8-6-5-7-9-13/h11H,4-10H2,1-3H3,(H,15,16). The van der Waals surface area contributed by atoms with Crippen molar-refractivity contribution in [2.24, 2.45) is 5.92 Å². The first kappa shape index (κ1) is 13.5. The maximum atomic E-state index is 11.6. The summed E-state index contributed by atoms with van der Waals surface area (Å²) in [5, 5.41) is 9.56. The van der Waals surface area contributed by atoms with Crippen molar-refractivity contribution in [1.29, 1.82) is 0 Å². The topological polar surface area (TPSA) is 40.5 Å². The van der Waals surface area contributed by atoms with Gasteiger partial charge in [-0.2, -0.15) is 0 Å². The first-order valence-electron chi connectivity index (χ1n) is 6.51. The van der Waals surface area contributed by atoms with Crippen LogP contribution in [0.25, 0.3) is 0 Å². The predicted octanol–water partition coefficient (Wildman–Crippen LogP) is 2.75. The summed E-state index contributed by atoms with van der Waals surface area (Å²) in [4.78, 5) is 13.8. The minimum absolute atomic E-state index is 0.526. The van der Waals surface area contributed by atoms with E-state index in [0.717, 1.165) is 38.8 Å². The Hall–Kier alpha value is -0.570. The van der Waals surface area contributed by atoms with Gasteiger partial charge in [-0.1, -0.05) is 40.0 Å². The summed E-state index contributed by atoms with van der Waals surface area (Å²) in [6.07, 6.45) is 4.95. The molecule has 0 unspecified atom stereocenters. The monoisotopic (exact) mass is 227 g/mol. The Morgan fingerprint density at radius 3 is 2.25 bits per heavy atom. The predicted molar refractivity (Wildman–Crippen MR) is 65.5 cm³/mol. The second-order valence-corrected chi connectivity index (χ2v) is 5.33. The van der Waals surface area contributed by atoms with Crippen LogP contribution in [-0.4, -0.2) is 34.6 Å². The van der Waals surface area contributed by atoms with Gasteiger partial charge in [-0.3, -0.25) is 9.69 Å². The van der Waals surface area contributed by atoms with Gasteiger partial charge in [-0.15, -0.1) is 0 Å². The zero-order valence-electron chi connectivity index (χ0n) is 10.8. The molecule has 1 fully saturated rings. The molecular weight excluding hydrogens is 202 g/mol. The smallest absolute Gasteiger partial charge is 0.324 e. The van der Waals surface area contributed by atoms with Gasteiger partial charge in [-0.25, -0.2) is 0 Å². The van der Waals surface area contributed by atoms with Crippen LogP contribution in [0.1, 0.15) is 52.9 Å². The number of hydrogen-bond acceptors (Lipinski definition) is 2. The molecule has 0 aliphatic heterocycles. The van der Waals surface area contributed by atoms with Gasteiger partial charge in [-0.05, 0) is 25.3 Å². The third-order valence-corrected chi connectivity index (χ3v) is 3.65. The van der Waals surface area contributed by atoms with E-state index in [9.17, 15) is 9.90 Å². The normalized spacial score (nSPS) is 20.3. The number of hydrogen-bond donors (Lipinski definition) is 1. The highest BCUT2D eigenvalue weighted by Gasteiger charge is 2.44. The van der Waals surface area contributed by atoms with Crippen molar-refractivity contribution in [1.82, 2.24) is 4.90 Å². The molecular formula is C13H25NO2. The average molecular weight is 227 g/mol. The van der Waals surface area contributed by atoms with Crippen molar-refractivity contribution in [3.8, 4) is 0 Å². The fraction of sp³-hybridized carbons (Fsp3) is 0.923. The van der Waals surface area contributed by atoms with Crippen molar-refractivity contribution in [3.63, 3.8) is 0 Å². The first-order valence-corrected chi connectivity index (χ1v) is 6.51. The Bertz CT molecular complexity index is 232. The Morgan fingerprint density at radius 2 is 1.88 bits per heavy atom. The van der Waals surface area contributed by atoms with Gasteiger partial charge < -0.3 is 5.11 Å². The van der Waals surface area contributed by atoms with E-state index in [0.29, 0.717) is 5.92 Å². The van der Waals surface area contributed by atoms with Gasteiger partial charge in [0.15, 0.2) is 0 Å². The van der Waals surface area contributed by atoms with Crippen molar-refractivity contribution in [3.05, 3.63) is 0 Å². The number of rotatable bonds is 5. The van der Waals surface area contributed by atoms with Crippen LogP contribution in [-0.2, 0) is 4.79 Å². The Kier molecular flexibility index (Phi) is 4.78. The minimum Gasteiger partial charge on any atom is -0.480 e. The summed E-state index contributed by atoms with van der Waals surface area (Å²) in [6, 6.07) is 0. The molecule has 1 N–H and O–H groups in total. The maximum absolute atomic E-state index is 11.6. The minimum atomic E-state index is -0.616. The highest BCUT2D eigenvalue weighted by atomic mass is 16.4. The van der Waals surface area contributed by atoms with E-state index in [2.05, 4.69) is 25.7 Å². The van der Waals surface area contributed by atoms with Crippen LogP contribution in [0.5, 0.6) is 0 Å². The van der Waals surface area contributed by atoms with Crippen LogP contribution in [0.3, 0.4) is 0 Å². The van der Waals surface area contributed by atoms with E-state index < -0.39 is 11.5 Å². The molecule has 0 aromatic heterocycles. The number of carboxylic acid groups (broad SMARTS) is 1. The van der Waals surface area contributed by atoms with Crippen LogP contribution >= 0.6 is 0 Å². The van der Waals surface area contributed by atoms with Gasteiger partial charge in [0.25, 0.3) is 0 Å². The molecule has 1 aliphatic carbocycles. The van der Waals surface area contributed by atoms with Gasteiger partial charge >= 0.3 is 5.97 Å². The molecule has 3 heteroatoms. The number of carbonyl (C=O) groups is 1. The Balaban J connectivity index is 2.84. The van der Waals surface area contributed by atoms with Crippen LogP contribution in [0.2, 0.25) is 0 Å². The molecule has 0 aromatic rings. The van der Waals surface area contributed by atoms with E-state index in [1.54, 1.807) is 0 Å². The first-order chi connectivity index (χ1) is 7.53. The highest BCUT2D eigenvalue weighted by Crippen LogP contribution is 2.34. The van der Waals surface area contributed by atoms with Crippen LogP contribution in [0.4, 0.5) is 0 Å². The molecule has 1 aliphatic rings. The molecule has 0 aromatic carbocycles. The van der Waals surface area contributed by atoms with Crippen molar-refractivity contribution in [2.45, 2.75) is 58.4 Å². The SMILES string of the molecule is CCN(CC(C)C)C1(C(=O)O)CCCCC1. The lowest BCUT2D eigenvalue weighted by atomic mass is 9.80. The molecule has 3 nitrogen and oxygen atoms in total. The molecule has 1 saturated carbocycles. The zero-order valence-corrected chi connectivity index (χ0v) is 10.8. The Labute approximate surface area is 98.8 Å². The zero-order chi connectivity index (χ0) is 12.2. The molecule has 0 bridgehead atoms. The molecule has 1 rings (SSSR count). The van der Waals surface area contributed by atoms with Crippen LogP contribution in [0, 0.1) is 5.92 Å². The quantitative estimate of drug-likeness (QED) is 0.785. The van der Waals surface area contributed by atoms with Crippen molar-refractivity contribution < 1.29 is 9.90 Å². The number of aliphatic carboxylic acids is 1. The molecule has 0 atom stereocenters. The summed E-state index contributed by atoms with van der Waals surface area (Å²) in [5.41, 5.74) is -0.572. The van der Waals surface area contributed by atoms with Crippen molar-refractivity contribution in [2.75, 3.05) is 13.1 Å². The largest absolute Gasteiger partial charge is 0.480 e. The van der Waals surface area contributed by atoms with E-state index in [4.69, 9.17) is 0 Å². The lowest BCUT2D eigenvalue weighted by Gasteiger charge is -2.43. The fourth-order valence-corrected chi connectivity index (χ4v) is 2.85. The molecule has 16 heavy (non-hydrogen) atoms. The van der Waals surface area contributed by atoms with E-state index in [1.165, 1.54) is 6.42 Å². The summed E-state index contributed by atoms with van der Waals surface area (Å²) in [5.74, 6) is -0.0900. The fourth-order valence-electron chi connectivity index (χ4n) is 2.85. The number of nitrogens with zero attached hydrogens (tertiary/aromatic N) is 1. The lowest BCUT2D eigenvalue weighted by molar-refractivity contribution is -0.154. The summed E-state index contributed by atoms with van der Waals surface area (Å²) in [7, 11) is 0. The Morgan fingerprint density at radius 1 is 1.31 bits per heavy atom. The maximum Gasteiger partial charge on any atom is 0.324 e. The van der Waals surface area contributed by atoms with Gasteiger partial charge in [0, 0.05) is 6.54 Å². The molecule has 0 amide bonds. The van der Waals surface area contributed by atoms with Crippen molar-refractivity contribution >= 4 is 5.97 Å². The summed E-state index contributed by atoms with van der Waals surface area (Å²) >= 11 is 0. The van der Waals surface area contributed by atoms with Gasteiger partial charge in [0.1, 0.15) is 5.54 Å². The summed E-state index contributed by atoms with van der Waals surface area (Å²) in [6.45, 7) is 8.11. The third kappa shape index (κ3) is 2.76. The second kappa shape index (κ2) is 5.67. The van der Waals surface area contributed by atoms with Gasteiger partial charge in [0.2, 0.25) is 0 Å². The second-order valence-electron chi connectivity index (χ2n) is 5.33. The lowest BCUT2D eigenvalue weighted by Crippen LogP contribution is -2.56. The van der Waals surface area contributed by atoms with E-state index >= 15 is 0 Å². The summed E-state index contributed by atoms with van der Waals surface area (Å²) < 4.78 is 0. The average Bonchev–Trinajstić information content (AvgIpc) is 2.26. The molecule has 0 saturated heterocycles. The van der Waals surface area contributed by atoms with E-state index in [1.807, 2.05) is 0 Å². The number of likely N-dealkylation sites (N-methyl/N-ethyl adjacent to an activating group) is 1. The highest BCUT2D eigenvalue weighted by molar-refractivity contribution is 5.79. The van der Waals surface area contributed by atoms with Crippen LogP contribution < -0.4 is 0 Å². The molecule has 0 spiro atoms. The van der Waals surface area contributed by atoms with E-state index in [-0.39, 0.29) is 0 Å². The van der Waals surface area contributed by atoms with Gasteiger partial charge in [0.05, 0.1) is 0 Å². The molecule has 94 valence electrons. The molecule has 0 heterocycles. The third-order valence-electron chi connectivity index (χ3n) is 3.65. The molecule has 0 radical (unpaired) electrons. The van der Waals surface area contributed by atoms with Crippen LogP contribution in [0.15, 0.2) is 0 Å². The number of carboxylic acids is 1.